The first-order valence-electron chi connectivity index (χ1n) is 10.0. The van der Waals surface area contributed by atoms with Gasteiger partial charge in [0.2, 0.25) is 0 Å². The molecule has 176 valence electrons. The Morgan fingerprint density at radius 3 is 1.94 bits per heavy atom. The van der Waals surface area contributed by atoms with Crippen LogP contribution in [0.2, 0.25) is 0 Å². The Morgan fingerprint density at radius 1 is 0.818 bits per heavy atom. The van der Waals surface area contributed by atoms with Crippen LogP contribution in [0.4, 0.5) is 0 Å². The summed E-state index contributed by atoms with van der Waals surface area (Å²) in [6.07, 6.45) is 3.58. The van der Waals surface area contributed by atoms with E-state index in [2.05, 4.69) is 9.97 Å². The molecule has 2 aromatic heterocycles. The average molecular weight is 477 g/mol. The second kappa shape index (κ2) is 11.0. The van der Waals surface area contributed by atoms with Gasteiger partial charge in [0.1, 0.15) is 11.5 Å². The fourth-order valence-corrected chi connectivity index (χ4v) is 4.49. The van der Waals surface area contributed by atoms with Gasteiger partial charge < -0.3 is 23.7 Å². The van der Waals surface area contributed by atoms with E-state index in [9.17, 15) is 14.4 Å². The van der Waals surface area contributed by atoms with Crippen molar-refractivity contribution >= 4 is 29.7 Å². The van der Waals surface area contributed by atoms with Crippen molar-refractivity contribution in [1.29, 1.82) is 0 Å². The maximum absolute atomic E-state index is 11.8. The van der Waals surface area contributed by atoms with Crippen molar-refractivity contribution in [1.82, 2.24) is 9.97 Å². The highest BCUT2D eigenvalue weighted by Gasteiger charge is 2.47. The molecule has 3 rings (SSSR count). The van der Waals surface area contributed by atoms with Gasteiger partial charge in [-0.1, -0.05) is 0 Å². The summed E-state index contributed by atoms with van der Waals surface area (Å²) in [6, 6.07) is 3.57. The lowest BCUT2D eigenvalue weighted by atomic mass is 10.1. The third kappa shape index (κ3) is 6.58. The molecule has 0 aromatic carbocycles. The number of hydrogen-bond acceptors (Lipinski definition) is 11. The van der Waals surface area contributed by atoms with Gasteiger partial charge in [0, 0.05) is 50.0 Å². The lowest BCUT2D eigenvalue weighted by Gasteiger charge is -2.39. The van der Waals surface area contributed by atoms with E-state index < -0.39 is 41.7 Å². The zero-order valence-electron chi connectivity index (χ0n) is 18.5. The minimum atomic E-state index is -1.03. The fraction of sp³-hybridized carbons (Fsp3) is 0.409. The number of thioether (sulfide) groups is 1. The molecule has 0 radical (unpaired) electrons. The van der Waals surface area contributed by atoms with Gasteiger partial charge >= 0.3 is 17.9 Å². The fourth-order valence-electron chi connectivity index (χ4n) is 3.27. The van der Waals surface area contributed by atoms with Crippen molar-refractivity contribution in [2.24, 2.45) is 0 Å². The number of aromatic nitrogens is 2. The first-order chi connectivity index (χ1) is 15.8. The van der Waals surface area contributed by atoms with E-state index >= 15 is 0 Å². The highest BCUT2D eigenvalue weighted by molar-refractivity contribution is 7.99. The third-order valence-corrected chi connectivity index (χ3v) is 5.77. The summed E-state index contributed by atoms with van der Waals surface area (Å²) in [7, 11) is 1.55. The van der Waals surface area contributed by atoms with Gasteiger partial charge in [-0.25, -0.2) is 0 Å². The van der Waals surface area contributed by atoms with Crippen LogP contribution in [0.15, 0.2) is 36.9 Å². The molecule has 1 aliphatic rings. The van der Waals surface area contributed by atoms with Crippen molar-refractivity contribution in [3.63, 3.8) is 0 Å². The Balaban J connectivity index is 1.87. The van der Waals surface area contributed by atoms with E-state index in [0.717, 1.165) is 11.1 Å². The largest absolute Gasteiger partial charge is 0.495 e. The van der Waals surface area contributed by atoms with Gasteiger partial charge in [0.25, 0.3) is 0 Å². The molecule has 4 atom stereocenters. The van der Waals surface area contributed by atoms with E-state index in [4.69, 9.17) is 23.7 Å². The Labute approximate surface area is 194 Å². The molecule has 0 bridgehead atoms. The summed E-state index contributed by atoms with van der Waals surface area (Å²) >= 11 is 1.27. The molecule has 0 unspecified atom stereocenters. The van der Waals surface area contributed by atoms with Crippen LogP contribution in [-0.2, 0) is 28.6 Å². The third-order valence-electron chi connectivity index (χ3n) is 4.55. The Hall–Kier alpha value is -3.34. The van der Waals surface area contributed by atoms with Crippen LogP contribution in [0.3, 0.4) is 0 Å². The topological polar surface area (TPSA) is 123 Å². The second-order valence-corrected chi connectivity index (χ2v) is 8.27. The molecule has 0 N–H and O–H groups in total. The first-order valence-corrected chi connectivity index (χ1v) is 11.1. The predicted octanol–water partition coefficient (Wildman–Crippen LogP) is 2.40. The van der Waals surface area contributed by atoms with Crippen molar-refractivity contribution < 1.29 is 38.1 Å². The highest BCUT2D eigenvalue weighted by Crippen LogP contribution is 2.35. The van der Waals surface area contributed by atoms with E-state index in [1.807, 2.05) is 6.07 Å². The van der Waals surface area contributed by atoms with Crippen LogP contribution in [-0.4, -0.2) is 64.5 Å². The standard InChI is InChI=1S/C22H24N2O8S/c1-12(25)29-19-11-33-22(21(31-14(3)27)20(19)30-13(2)26)32-18-6-16(8-24-10-18)15-5-17(28-4)9-23-7-15/h5-10,19-22H,11H2,1-4H3/t19-,20+,21-,22-/m1/s1. The molecule has 33 heavy (non-hydrogen) atoms. The molecule has 10 nitrogen and oxygen atoms in total. The number of carbonyl (C=O) groups is 3. The molecule has 2 aromatic rings. The molecule has 0 aliphatic carbocycles. The first kappa shape index (κ1) is 24.3. The summed E-state index contributed by atoms with van der Waals surface area (Å²) in [5.41, 5.74) is 0.761. The summed E-state index contributed by atoms with van der Waals surface area (Å²) in [4.78, 5) is 43.4. The smallest absolute Gasteiger partial charge is 0.303 e. The number of pyridine rings is 2. The van der Waals surface area contributed by atoms with Crippen LogP contribution in [0, 0.1) is 0 Å². The average Bonchev–Trinajstić information content (AvgIpc) is 2.77. The summed E-state index contributed by atoms with van der Waals surface area (Å²) < 4.78 is 27.4. The van der Waals surface area contributed by atoms with Crippen LogP contribution in [0.25, 0.3) is 11.1 Å². The predicted molar refractivity (Wildman–Crippen MR) is 118 cm³/mol. The van der Waals surface area contributed by atoms with Crippen molar-refractivity contribution in [2.45, 2.75) is 44.5 Å². The van der Waals surface area contributed by atoms with E-state index in [1.165, 1.54) is 38.7 Å². The lowest BCUT2D eigenvalue weighted by molar-refractivity contribution is -0.186. The second-order valence-electron chi connectivity index (χ2n) is 7.14. The monoisotopic (exact) mass is 476 g/mol. The van der Waals surface area contributed by atoms with Gasteiger partial charge in [-0.3, -0.25) is 24.4 Å². The zero-order valence-corrected chi connectivity index (χ0v) is 19.4. The summed E-state index contributed by atoms with van der Waals surface area (Å²) in [6.45, 7) is 3.71. The van der Waals surface area contributed by atoms with Crippen LogP contribution < -0.4 is 9.47 Å². The van der Waals surface area contributed by atoms with Gasteiger partial charge in [-0.05, 0) is 12.1 Å². The lowest BCUT2D eigenvalue weighted by Crippen LogP contribution is -2.55. The van der Waals surface area contributed by atoms with Gasteiger partial charge in [0.05, 0.1) is 19.5 Å². The molecule has 3 heterocycles. The number of carbonyl (C=O) groups excluding carboxylic acids is 3. The van der Waals surface area contributed by atoms with E-state index in [-0.39, 0.29) is 5.75 Å². The van der Waals surface area contributed by atoms with Crippen molar-refractivity contribution in [2.75, 3.05) is 12.9 Å². The number of methoxy groups -OCH3 is 1. The molecule has 1 fully saturated rings. The summed E-state index contributed by atoms with van der Waals surface area (Å²) in [5.74, 6) is -0.469. The molecular formula is C22H24N2O8S. The number of rotatable bonds is 7. The minimum Gasteiger partial charge on any atom is -0.495 e. The molecule has 0 saturated carbocycles. The Bertz CT molecular complexity index is 1020. The molecule has 0 spiro atoms. The number of hydrogen-bond donors (Lipinski definition) is 0. The summed E-state index contributed by atoms with van der Waals surface area (Å²) in [5, 5.41) is 0. The SMILES string of the molecule is COc1cncc(-c2cncc(O[C@@H]3SC[C@@H](OC(C)=O)[C@H](OC(C)=O)[C@H]3OC(C)=O)c2)c1. The maximum Gasteiger partial charge on any atom is 0.303 e. The Morgan fingerprint density at radius 2 is 1.36 bits per heavy atom. The normalized spacial score (nSPS) is 22.1. The van der Waals surface area contributed by atoms with E-state index in [1.54, 1.807) is 31.8 Å². The number of esters is 3. The van der Waals surface area contributed by atoms with Gasteiger partial charge in [-0.2, -0.15) is 0 Å². The van der Waals surface area contributed by atoms with Crippen LogP contribution in [0.1, 0.15) is 20.8 Å². The minimum absolute atomic E-state index is 0.271. The van der Waals surface area contributed by atoms with Crippen LogP contribution in [0.5, 0.6) is 11.5 Å². The molecule has 0 amide bonds. The van der Waals surface area contributed by atoms with Crippen molar-refractivity contribution in [3.8, 4) is 22.6 Å². The molecule has 11 heteroatoms. The van der Waals surface area contributed by atoms with Gasteiger partial charge in [-0.15, -0.1) is 11.8 Å². The molecule has 1 saturated heterocycles. The molecular weight excluding hydrogens is 452 g/mol. The van der Waals surface area contributed by atoms with E-state index in [0.29, 0.717) is 11.5 Å². The number of nitrogens with zero attached hydrogens (tertiary/aromatic N) is 2. The van der Waals surface area contributed by atoms with Crippen LogP contribution >= 0.6 is 11.8 Å². The maximum atomic E-state index is 11.8. The quantitative estimate of drug-likeness (QED) is 0.432. The Kier molecular flexibility index (Phi) is 8.10. The number of ether oxygens (including phenoxy) is 5. The van der Waals surface area contributed by atoms with Gasteiger partial charge in [0.15, 0.2) is 23.7 Å². The zero-order chi connectivity index (χ0) is 24.0. The van der Waals surface area contributed by atoms with Crippen molar-refractivity contribution in [3.05, 3.63) is 36.9 Å². The highest BCUT2D eigenvalue weighted by atomic mass is 32.2. The molecule has 1 aliphatic heterocycles.